The van der Waals surface area contributed by atoms with Gasteiger partial charge in [-0.3, -0.25) is 9.59 Å². The van der Waals surface area contributed by atoms with Crippen molar-refractivity contribution in [1.29, 1.82) is 0 Å². The molecule has 1 aromatic carbocycles. The van der Waals surface area contributed by atoms with Crippen LogP contribution in [0.5, 0.6) is 11.5 Å². The van der Waals surface area contributed by atoms with E-state index in [-0.39, 0.29) is 30.9 Å². The van der Waals surface area contributed by atoms with Crippen molar-refractivity contribution >= 4 is 11.9 Å². The van der Waals surface area contributed by atoms with Crippen molar-refractivity contribution in [2.45, 2.75) is 13.0 Å². The number of rotatable bonds is 4. The van der Waals surface area contributed by atoms with Crippen LogP contribution < -0.4 is 9.47 Å². The van der Waals surface area contributed by atoms with Crippen molar-refractivity contribution in [1.82, 2.24) is 4.90 Å². The van der Waals surface area contributed by atoms with E-state index < -0.39 is 6.10 Å². The summed E-state index contributed by atoms with van der Waals surface area (Å²) in [6.45, 7) is 2.14. The predicted octanol–water partition coefficient (Wildman–Crippen LogP) is 1.09. The lowest BCUT2D eigenvalue weighted by Crippen LogP contribution is -2.46. The number of carbonyl (C=O) groups is 2. The number of fused-ring (bicyclic) bond motifs is 1. The van der Waals surface area contributed by atoms with Crippen LogP contribution in [-0.4, -0.2) is 50.2 Å². The number of benzene rings is 1. The summed E-state index contributed by atoms with van der Waals surface area (Å²) < 4.78 is 15.8. The normalized spacial score (nSPS) is 17.8. The van der Waals surface area contributed by atoms with Crippen molar-refractivity contribution < 1.29 is 23.8 Å². The molecule has 114 valence electrons. The van der Waals surface area contributed by atoms with Crippen LogP contribution in [0.1, 0.15) is 6.92 Å². The Morgan fingerprint density at radius 1 is 1.38 bits per heavy atom. The third kappa shape index (κ3) is 3.45. The minimum Gasteiger partial charge on any atom is -0.485 e. The average molecular weight is 293 g/mol. The summed E-state index contributed by atoms with van der Waals surface area (Å²) in [7, 11) is 2.96. The molecule has 2 atom stereocenters. The highest BCUT2D eigenvalue weighted by molar-refractivity contribution is 5.82. The molecule has 0 radical (unpaired) electrons. The lowest BCUT2D eigenvalue weighted by molar-refractivity contribution is -0.147. The average Bonchev–Trinajstić information content (AvgIpc) is 2.52. The number of nitrogens with zero attached hydrogens (tertiary/aromatic N) is 1. The van der Waals surface area contributed by atoms with Crippen molar-refractivity contribution in [3.8, 4) is 11.5 Å². The number of carbonyl (C=O) groups excluding carboxylic acids is 2. The molecule has 0 spiro atoms. The molecule has 21 heavy (non-hydrogen) atoms. The zero-order valence-corrected chi connectivity index (χ0v) is 12.4. The fourth-order valence-electron chi connectivity index (χ4n) is 2.16. The zero-order chi connectivity index (χ0) is 15.4. The van der Waals surface area contributed by atoms with Crippen molar-refractivity contribution in [2.24, 2.45) is 5.92 Å². The number of esters is 1. The first-order valence-corrected chi connectivity index (χ1v) is 6.74. The largest absolute Gasteiger partial charge is 0.485 e. The Labute approximate surface area is 123 Å². The van der Waals surface area contributed by atoms with Gasteiger partial charge in [0.25, 0.3) is 5.91 Å². The number of likely N-dealkylation sites (N-methyl/N-ethyl adjacent to an activating group) is 1. The maximum Gasteiger partial charge on any atom is 0.310 e. The predicted molar refractivity (Wildman–Crippen MR) is 75.2 cm³/mol. The molecule has 1 aliphatic heterocycles. The monoisotopic (exact) mass is 293 g/mol. The summed E-state index contributed by atoms with van der Waals surface area (Å²) in [5, 5.41) is 0. The molecule has 1 aliphatic rings. The van der Waals surface area contributed by atoms with Crippen molar-refractivity contribution in [3.05, 3.63) is 24.3 Å². The van der Waals surface area contributed by atoms with Gasteiger partial charge < -0.3 is 19.1 Å². The van der Waals surface area contributed by atoms with Gasteiger partial charge in [-0.05, 0) is 12.1 Å². The third-order valence-corrected chi connectivity index (χ3v) is 3.31. The number of ether oxygens (including phenoxy) is 3. The Hall–Kier alpha value is -2.24. The Morgan fingerprint density at radius 2 is 2.05 bits per heavy atom. The SMILES string of the molecule is COC(=O)C(C)CN(C)C(=O)C1COc2ccccc2O1. The molecule has 0 saturated heterocycles. The van der Waals surface area contributed by atoms with Gasteiger partial charge in [0, 0.05) is 13.6 Å². The molecule has 0 aliphatic carbocycles. The molecule has 0 bridgehead atoms. The lowest BCUT2D eigenvalue weighted by Gasteiger charge is -2.29. The van der Waals surface area contributed by atoms with Gasteiger partial charge in [0.1, 0.15) is 6.61 Å². The van der Waals surface area contributed by atoms with E-state index in [0.29, 0.717) is 11.5 Å². The molecule has 0 fully saturated rings. The summed E-state index contributed by atoms with van der Waals surface area (Å²) in [5.41, 5.74) is 0. The van der Waals surface area contributed by atoms with Gasteiger partial charge in [0.2, 0.25) is 6.10 Å². The summed E-state index contributed by atoms with van der Waals surface area (Å²) in [5.74, 6) is 0.227. The third-order valence-electron chi connectivity index (χ3n) is 3.31. The van der Waals surface area contributed by atoms with E-state index in [0.717, 1.165) is 0 Å². The first-order chi connectivity index (χ1) is 10.0. The molecular weight excluding hydrogens is 274 g/mol. The first-order valence-electron chi connectivity index (χ1n) is 6.74. The molecule has 1 amide bonds. The topological polar surface area (TPSA) is 65.1 Å². The Bertz CT molecular complexity index is 531. The fourth-order valence-corrected chi connectivity index (χ4v) is 2.16. The standard InChI is InChI=1S/C15H19NO5/c1-10(15(18)19-3)8-16(2)14(17)13-9-20-11-6-4-5-7-12(11)21-13/h4-7,10,13H,8-9H2,1-3H3. The van der Waals surface area contributed by atoms with E-state index in [1.807, 2.05) is 12.1 Å². The smallest absolute Gasteiger partial charge is 0.310 e. The van der Waals surface area contributed by atoms with E-state index in [2.05, 4.69) is 4.74 Å². The van der Waals surface area contributed by atoms with Gasteiger partial charge in [-0.1, -0.05) is 19.1 Å². The first kappa shape index (κ1) is 15.2. The van der Waals surface area contributed by atoms with E-state index in [1.54, 1.807) is 26.1 Å². The van der Waals surface area contributed by atoms with Crippen LogP contribution in [0.15, 0.2) is 24.3 Å². The van der Waals surface area contributed by atoms with E-state index in [1.165, 1.54) is 12.0 Å². The lowest BCUT2D eigenvalue weighted by atomic mass is 10.1. The molecule has 0 N–H and O–H groups in total. The fraction of sp³-hybridized carbons (Fsp3) is 0.467. The van der Waals surface area contributed by atoms with Crippen LogP contribution in [0, 0.1) is 5.92 Å². The van der Waals surface area contributed by atoms with E-state index >= 15 is 0 Å². The van der Waals surface area contributed by atoms with Crippen LogP contribution >= 0.6 is 0 Å². The molecule has 1 aromatic rings. The van der Waals surface area contributed by atoms with Gasteiger partial charge in [0.05, 0.1) is 13.0 Å². The van der Waals surface area contributed by atoms with Crippen molar-refractivity contribution in [2.75, 3.05) is 27.3 Å². The second kappa shape index (κ2) is 6.47. The quantitative estimate of drug-likeness (QED) is 0.778. The molecule has 0 saturated carbocycles. The number of hydrogen-bond acceptors (Lipinski definition) is 5. The van der Waals surface area contributed by atoms with Gasteiger partial charge in [-0.2, -0.15) is 0 Å². The van der Waals surface area contributed by atoms with E-state index in [4.69, 9.17) is 9.47 Å². The Kier molecular flexibility index (Phi) is 4.67. The van der Waals surface area contributed by atoms with Gasteiger partial charge in [-0.15, -0.1) is 0 Å². The number of hydrogen-bond donors (Lipinski definition) is 0. The van der Waals surface area contributed by atoms with Crippen LogP contribution in [0.2, 0.25) is 0 Å². The summed E-state index contributed by atoms with van der Waals surface area (Å²) in [6.07, 6.45) is -0.699. The number of methoxy groups -OCH3 is 1. The molecular formula is C15H19NO5. The molecule has 0 aromatic heterocycles. The summed E-state index contributed by atoms with van der Waals surface area (Å²) >= 11 is 0. The summed E-state index contributed by atoms with van der Waals surface area (Å²) in [4.78, 5) is 25.2. The van der Waals surface area contributed by atoms with Crippen LogP contribution in [-0.2, 0) is 14.3 Å². The Balaban J connectivity index is 1.96. The highest BCUT2D eigenvalue weighted by Crippen LogP contribution is 2.31. The maximum absolute atomic E-state index is 12.3. The van der Waals surface area contributed by atoms with Crippen LogP contribution in [0.4, 0.5) is 0 Å². The number of para-hydroxylation sites is 2. The van der Waals surface area contributed by atoms with E-state index in [9.17, 15) is 9.59 Å². The second-order valence-corrected chi connectivity index (χ2v) is 5.01. The van der Waals surface area contributed by atoms with Gasteiger partial charge in [-0.25, -0.2) is 0 Å². The van der Waals surface area contributed by atoms with Crippen molar-refractivity contribution in [3.63, 3.8) is 0 Å². The minimum absolute atomic E-state index is 0.160. The highest BCUT2D eigenvalue weighted by Gasteiger charge is 2.30. The minimum atomic E-state index is -0.699. The molecule has 2 rings (SSSR count). The second-order valence-electron chi connectivity index (χ2n) is 5.01. The molecule has 6 nitrogen and oxygen atoms in total. The number of amides is 1. The zero-order valence-electron chi connectivity index (χ0n) is 12.4. The Morgan fingerprint density at radius 3 is 2.71 bits per heavy atom. The maximum atomic E-state index is 12.3. The summed E-state index contributed by atoms with van der Waals surface area (Å²) in [6, 6.07) is 7.21. The van der Waals surface area contributed by atoms with Gasteiger partial charge in [0.15, 0.2) is 11.5 Å². The highest BCUT2D eigenvalue weighted by atomic mass is 16.6. The van der Waals surface area contributed by atoms with Gasteiger partial charge >= 0.3 is 5.97 Å². The molecule has 1 heterocycles. The van der Waals surface area contributed by atoms with Crippen LogP contribution in [0.3, 0.4) is 0 Å². The molecule has 2 unspecified atom stereocenters. The molecule has 6 heteroatoms. The van der Waals surface area contributed by atoms with Crippen LogP contribution in [0.25, 0.3) is 0 Å².